The minimum Gasteiger partial charge on any atom is -0.484 e. The Kier molecular flexibility index (Phi) is 6.91. The second-order valence-electron chi connectivity index (χ2n) is 6.18. The molecule has 0 saturated heterocycles. The average Bonchev–Trinajstić information content (AvgIpc) is 2.60. The first-order valence-electron chi connectivity index (χ1n) is 8.24. The van der Waals surface area contributed by atoms with Gasteiger partial charge in [-0.2, -0.15) is 0 Å². The van der Waals surface area contributed by atoms with Crippen LogP contribution in [0.4, 0.5) is 0 Å². The standard InChI is InChI=1S/C18H24ClNO4/c1-12-9-14(7-8-16(12)19)24-11-17(21)20-10-13-5-3-4-6-15(13)18(22)23-2/h7-9,13,15H,3-6,10-11H2,1-2H3,(H,20,21). The van der Waals surface area contributed by atoms with Gasteiger partial charge in [-0.25, -0.2) is 0 Å². The van der Waals surface area contributed by atoms with Gasteiger partial charge in [0.05, 0.1) is 13.0 Å². The Bertz CT molecular complexity index is 590. The molecule has 1 aliphatic rings. The van der Waals surface area contributed by atoms with Crippen LogP contribution < -0.4 is 10.1 Å². The Morgan fingerprint density at radius 1 is 1.29 bits per heavy atom. The van der Waals surface area contributed by atoms with Crippen LogP contribution in [0.2, 0.25) is 5.02 Å². The van der Waals surface area contributed by atoms with Crippen LogP contribution in [0.3, 0.4) is 0 Å². The molecule has 6 heteroatoms. The molecule has 1 N–H and O–H groups in total. The topological polar surface area (TPSA) is 64.6 Å². The van der Waals surface area contributed by atoms with Gasteiger partial charge >= 0.3 is 5.97 Å². The highest BCUT2D eigenvalue weighted by molar-refractivity contribution is 6.31. The van der Waals surface area contributed by atoms with E-state index in [-0.39, 0.29) is 30.3 Å². The third-order valence-electron chi connectivity index (χ3n) is 4.47. The summed E-state index contributed by atoms with van der Waals surface area (Å²) in [5, 5.41) is 3.52. The second-order valence-corrected chi connectivity index (χ2v) is 6.59. The van der Waals surface area contributed by atoms with E-state index in [0.29, 0.717) is 17.3 Å². The average molecular weight is 354 g/mol. The van der Waals surface area contributed by atoms with Crippen molar-refractivity contribution in [2.45, 2.75) is 32.6 Å². The van der Waals surface area contributed by atoms with Crippen molar-refractivity contribution in [1.82, 2.24) is 5.32 Å². The Balaban J connectivity index is 1.79. The molecule has 1 amide bonds. The zero-order chi connectivity index (χ0) is 17.5. The Morgan fingerprint density at radius 2 is 2.04 bits per heavy atom. The van der Waals surface area contributed by atoms with E-state index in [1.165, 1.54) is 7.11 Å². The molecule has 2 unspecified atom stereocenters. The summed E-state index contributed by atoms with van der Waals surface area (Å²) in [4.78, 5) is 23.8. The summed E-state index contributed by atoms with van der Waals surface area (Å²) in [5.41, 5.74) is 0.901. The monoisotopic (exact) mass is 353 g/mol. The highest BCUT2D eigenvalue weighted by Crippen LogP contribution is 2.30. The van der Waals surface area contributed by atoms with Crippen LogP contribution in [-0.2, 0) is 14.3 Å². The van der Waals surface area contributed by atoms with E-state index in [1.54, 1.807) is 18.2 Å². The van der Waals surface area contributed by atoms with Crippen molar-refractivity contribution in [3.8, 4) is 5.75 Å². The summed E-state index contributed by atoms with van der Waals surface area (Å²) >= 11 is 5.96. The van der Waals surface area contributed by atoms with Crippen molar-refractivity contribution in [3.63, 3.8) is 0 Å². The van der Waals surface area contributed by atoms with Crippen LogP contribution in [-0.4, -0.2) is 32.1 Å². The molecule has 0 aliphatic heterocycles. The number of nitrogens with one attached hydrogen (secondary N) is 1. The molecule has 1 saturated carbocycles. The van der Waals surface area contributed by atoms with Crippen molar-refractivity contribution >= 4 is 23.5 Å². The summed E-state index contributed by atoms with van der Waals surface area (Å²) in [6.07, 6.45) is 3.86. The summed E-state index contributed by atoms with van der Waals surface area (Å²) < 4.78 is 10.3. The van der Waals surface area contributed by atoms with E-state index in [0.717, 1.165) is 31.2 Å². The lowest BCUT2D eigenvalue weighted by atomic mass is 9.79. The van der Waals surface area contributed by atoms with Crippen LogP contribution in [0.1, 0.15) is 31.2 Å². The van der Waals surface area contributed by atoms with Gasteiger partial charge in [0.25, 0.3) is 5.91 Å². The van der Waals surface area contributed by atoms with E-state index in [9.17, 15) is 9.59 Å². The predicted molar refractivity (Wildman–Crippen MR) is 92.2 cm³/mol. The number of carbonyl (C=O) groups excluding carboxylic acids is 2. The fourth-order valence-corrected chi connectivity index (χ4v) is 3.18. The number of aryl methyl sites for hydroxylation is 1. The van der Waals surface area contributed by atoms with Crippen LogP contribution in [0.5, 0.6) is 5.75 Å². The largest absolute Gasteiger partial charge is 0.484 e. The SMILES string of the molecule is COC(=O)C1CCCCC1CNC(=O)COc1ccc(Cl)c(C)c1. The van der Waals surface area contributed by atoms with E-state index in [1.807, 2.05) is 6.92 Å². The zero-order valence-corrected chi connectivity index (χ0v) is 14.9. The third-order valence-corrected chi connectivity index (χ3v) is 4.90. The van der Waals surface area contributed by atoms with Crippen molar-refractivity contribution in [2.75, 3.05) is 20.3 Å². The smallest absolute Gasteiger partial charge is 0.309 e. The van der Waals surface area contributed by atoms with Gasteiger partial charge in [-0.3, -0.25) is 9.59 Å². The van der Waals surface area contributed by atoms with Crippen molar-refractivity contribution < 1.29 is 19.1 Å². The Hall–Kier alpha value is -1.75. The van der Waals surface area contributed by atoms with Gasteiger partial charge in [0.1, 0.15) is 5.75 Å². The molecule has 132 valence electrons. The second kappa shape index (κ2) is 8.92. The lowest BCUT2D eigenvalue weighted by Gasteiger charge is -2.29. The molecule has 0 heterocycles. The molecule has 0 spiro atoms. The summed E-state index contributed by atoms with van der Waals surface area (Å²) in [5.74, 6) is 0.243. The maximum atomic E-state index is 12.0. The van der Waals surface area contributed by atoms with Gasteiger partial charge in [0.2, 0.25) is 0 Å². The summed E-state index contributed by atoms with van der Waals surface area (Å²) in [6, 6.07) is 5.27. The summed E-state index contributed by atoms with van der Waals surface area (Å²) in [6.45, 7) is 2.30. The third kappa shape index (κ3) is 5.13. The van der Waals surface area contributed by atoms with Crippen LogP contribution in [0, 0.1) is 18.8 Å². The number of hydrogen-bond donors (Lipinski definition) is 1. The number of carbonyl (C=O) groups is 2. The molecule has 1 aromatic carbocycles. The number of methoxy groups -OCH3 is 1. The fraction of sp³-hybridized carbons (Fsp3) is 0.556. The quantitative estimate of drug-likeness (QED) is 0.798. The number of rotatable bonds is 6. The lowest BCUT2D eigenvalue weighted by molar-refractivity contribution is -0.148. The number of benzene rings is 1. The number of ether oxygens (including phenoxy) is 2. The first-order valence-corrected chi connectivity index (χ1v) is 8.62. The van der Waals surface area contributed by atoms with E-state index in [2.05, 4.69) is 5.32 Å². The molecule has 24 heavy (non-hydrogen) atoms. The molecular formula is C18H24ClNO4. The maximum absolute atomic E-state index is 12.0. The molecule has 1 fully saturated rings. The molecule has 5 nitrogen and oxygen atoms in total. The minimum atomic E-state index is -0.197. The highest BCUT2D eigenvalue weighted by Gasteiger charge is 2.31. The van der Waals surface area contributed by atoms with E-state index in [4.69, 9.17) is 21.1 Å². The molecule has 2 rings (SSSR count). The number of amides is 1. The van der Waals surface area contributed by atoms with Crippen molar-refractivity contribution in [2.24, 2.45) is 11.8 Å². The minimum absolute atomic E-state index is 0.0588. The van der Waals surface area contributed by atoms with Gasteiger partial charge in [0.15, 0.2) is 6.61 Å². The van der Waals surface area contributed by atoms with Crippen molar-refractivity contribution in [3.05, 3.63) is 28.8 Å². The number of esters is 1. The highest BCUT2D eigenvalue weighted by atomic mass is 35.5. The molecule has 1 aromatic rings. The van der Waals surface area contributed by atoms with Gasteiger partial charge < -0.3 is 14.8 Å². The zero-order valence-electron chi connectivity index (χ0n) is 14.1. The molecule has 0 bridgehead atoms. The van der Waals surface area contributed by atoms with Crippen molar-refractivity contribution in [1.29, 1.82) is 0 Å². The number of hydrogen-bond acceptors (Lipinski definition) is 4. The van der Waals surface area contributed by atoms with E-state index < -0.39 is 0 Å². The first kappa shape index (κ1) is 18.6. The van der Waals surface area contributed by atoms with Crippen LogP contribution in [0.15, 0.2) is 18.2 Å². The predicted octanol–water partition coefficient (Wildman–Crippen LogP) is 3.12. The molecule has 1 aliphatic carbocycles. The molecular weight excluding hydrogens is 330 g/mol. The van der Waals surface area contributed by atoms with Gasteiger partial charge in [-0.15, -0.1) is 0 Å². The van der Waals surface area contributed by atoms with E-state index >= 15 is 0 Å². The normalized spacial score (nSPS) is 20.3. The van der Waals surface area contributed by atoms with Crippen LogP contribution >= 0.6 is 11.6 Å². The number of halogens is 1. The fourth-order valence-electron chi connectivity index (χ4n) is 3.07. The Labute approximate surface area is 147 Å². The molecule has 0 aromatic heterocycles. The van der Waals surface area contributed by atoms with Gasteiger partial charge in [0, 0.05) is 11.6 Å². The first-order chi connectivity index (χ1) is 11.5. The summed E-state index contributed by atoms with van der Waals surface area (Å²) in [7, 11) is 1.41. The van der Waals surface area contributed by atoms with Crippen LogP contribution in [0.25, 0.3) is 0 Å². The Morgan fingerprint density at radius 3 is 2.75 bits per heavy atom. The molecule has 2 atom stereocenters. The maximum Gasteiger partial charge on any atom is 0.309 e. The van der Waals surface area contributed by atoms with Gasteiger partial charge in [-0.05, 0) is 49.4 Å². The van der Waals surface area contributed by atoms with Gasteiger partial charge in [-0.1, -0.05) is 24.4 Å². The molecule has 0 radical (unpaired) electrons. The lowest BCUT2D eigenvalue weighted by Crippen LogP contribution is -2.39.